The van der Waals surface area contributed by atoms with Crippen LogP contribution in [0.15, 0.2) is 30.7 Å². The Labute approximate surface area is 171 Å². The molecule has 3 aromatic rings. The minimum Gasteiger partial charge on any atom is -0.394 e. The Morgan fingerprint density at radius 3 is 2.76 bits per heavy atom. The monoisotopic (exact) mass is 395 g/mol. The molecule has 2 aromatic heterocycles. The Kier molecular flexibility index (Phi) is 5.78. The van der Waals surface area contributed by atoms with Crippen LogP contribution in [0, 0.1) is 13.8 Å². The molecule has 1 fully saturated rings. The lowest BCUT2D eigenvalue weighted by Gasteiger charge is -2.31. The smallest absolute Gasteiger partial charge is 0.163 e. The zero-order valence-electron chi connectivity index (χ0n) is 17.1. The number of aliphatic hydroxyl groups is 2. The third kappa shape index (κ3) is 4.11. The second-order valence-corrected chi connectivity index (χ2v) is 8.09. The standard InChI is InChI=1S/C22H29N5O2/c1-15-7-8-16(2)17(9-15)11-26(18-5-3-4-6-18)21-20-10-25-27(12-19(29)13-28)22(20)24-14-23-21/h7-10,14,18-19,28-29H,3-6,11-13H2,1-2H3. The summed E-state index contributed by atoms with van der Waals surface area (Å²) in [5, 5.41) is 24.3. The van der Waals surface area contributed by atoms with E-state index in [1.807, 2.05) is 0 Å². The zero-order valence-corrected chi connectivity index (χ0v) is 17.1. The summed E-state index contributed by atoms with van der Waals surface area (Å²) in [6.07, 6.45) is 7.29. The van der Waals surface area contributed by atoms with Gasteiger partial charge in [0.15, 0.2) is 5.65 Å². The van der Waals surface area contributed by atoms with Gasteiger partial charge in [0.1, 0.15) is 12.1 Å². The van der Waals surface area contributed by atoms with Gasteiger partial charge in [-0.25, -0.2) is 14.6 Å². The first kappa shape index (κ1) is 19.8. The van der Waals surface area contributed by atoms with Crippen molar-refractivity contribution in [2.75, 3.05) is 11.5 Å². The van der Waals surface area contributed by atoms with Crippen LogP contribution in [0.4, 0.5) is 5.82 Å². The molecule has 2 heterocycles. The number of nitrogens with zero attached hydrogens (tertiary/aromatic N) is 5. The van der Waals surface area contributed by atoms with Crippen LogP contribution >= 0.6 is 0 Å². The van der Waals surface area contributed by atoms with Crippen molar-refractivity contribution in [2.24, 2.45) is 0 Å². The maximum absolute atomic E-state index is 9.83. The first-order valence-corrected chi connectivity index (χ1v) is 10.3. The number of anilines is 1. The fraction of sp³-hybridized carbons (Fsp3) is 0.500. The molecule has 29 heavy (non-hydrogen) atoms. The number of hydrogen-bond donors (Lipinski definition) is 2. The fourth-order valence-corrected chi connectivity index (χ4v) is 4.25. The molecule has 1 unspecified atom stereocenters. The number of hydrogen-bond acceptors (Lipinski definition) is 6. The van der Waals surface area contributed by atoms with Crippen LogP contribution in [-0.4, -0.2) is 48.7 Å². The molecule has 2 N–H and O–H groups in total. The number of rotatable bonds is 7. The summed E-state index contributed by atoms with van der Waals surface area (Å²) in [4.78, 5) is 11.5. The molecule has 0 bridgehead atoms. The highest BCUT2D eigenvalue weighted by Crippen LogP contribution is 2.33. The summed E-state index contributed by atoms with van der Waals surface area (Å²) in [5.74, 6) is 0.896. The van der Waals surface area contributed by atoms with Crippen molar-refractivity contribution in [2.45, 2.75) is 64.8 Å². The fourth-order valence-electron chi connectivity index (χ4n) is 4.25. The predicted octanol–water partition coefficient (Wildman–Crippen LogP) is 2.75. The molecule has 1 aliphatic rings. The van der Waals surface area contributed by atoms with Gasteiger partial charge in [-0.05, 0) is 37.8 Å². The number of fused-ring (bicyclic) bond motifs is 1. The van der Waals surface area contributed by atoms with E-state index in [-0.39, 0.29) is 13.2 Å². The lowest BCUT2D eigenvalue weighted by atomic mass is 10.0. The van der Waals surface area contributed by atoms with Gasteiger partial charge >= 0.3 is 0 Å². The predicted molar refractivity (Wildman–Crippen MR) is 113 cm³/mol. The second kappa shape index (κ2) is 8.47. The molecule has 0 saturated heterocycles. The van der Waals surface area contributed by atoms with Gasteiger partial charge in [0.2, 0.25) is 0 Å². The number of aryl methyl sites for hydroxylation is 2. The molecule has 0 radical (unpaired) electrons. The van der Waals surface area contributed by atoms with Crippen LogP contribution in [0.2, 0.25) is 0 Å². The Morgan fingerprint density at radius 2 is 2.00 bits per heavy atom. The minimum atomic E-state index is -0.864. The Balaban J connectivity index is 1.74. The molecule has 0 spiro atoms. The van der Waals surface area contributed by atoms with Crippen LogP contribution in [0.1, 0.15) is 42.4 Å². The van der Waals surface area contributed by atoms with Gasteiger partial charge in [0.25, 0.3) is 0 Å². The maximum atomic E-state index is 9.83. The van der Waals surface area contributed by atoms with E-state index in [2.05, 4.69) is 52.0 Å². The molecule has 0 amide bonds. The van der Waals surface area contributed by atoms with Gasteiger partial charge in [0.05, 0.1) is 30.8 Å². The van der Waals surface area contributed by atoms with Crippen LogP contribution in [0.3, 0.4) is 0 Å². The minimum absolute atomic E-state index is 0.205. The first-order chi connectivity index (χ1) is 14.1. The zero-order chi connectivity index (χ0) is 20.4. The molecular formula is C22H29N5O2. The van der Waals surface area contributed by atoms with Gasteiger partial charge in [0, 0.05) is 12.6 Å². The van der Waals surface area contributed by atoms with Crippen molar-refractivity contribution in [1.29, 1.82) is 0 Å². The van der Waals surface area contributed by atoms with Crippen LogP contribution < -0.4 is 4.90 Å². The van der Waals surface area contributed by atoms with Crippen LogP contribution in [-0.2, 0) is 13.1 Å². The molecule has 7 heteroatoms. The number of aromatic nitrogens is 4. The molecule has 4 rings (SSSR count). The highest BCUT2D eigenvalue weighted by atomic mass is 16.3. The molecule has 1 aliphatic carbocycles. The highest BCUT2D eigenvalue weighted by Gasteiger charge is 2.27. The lowest BCUT2D eigenvalue weighted by Crippen LogP contribution is -2.34. The van der Waals surface area contributed by atoms with Crippen molar-refractivity contribution in [3.63, 3.8) is 0 Å². The Hall–Kier alpha value is -2.51. The SMILES string of the molecule is Cc1ccc(C)c(CN(c2ncnc3c2cnn3CC(O)CO)C2CCCC2)c1. The summed E-state index contributed by atoms with van der Waals surface area (Å²) in [6.45, 7) is 4.99. The summed E-state index contributed by atoms with van der Waals surface area (Å²) in [5.41, 5.74) is 4.54. The summed E-state index contributed by atoms with van der Waals surface area (Å²) in [6, 6.07) is 7.04. The molecule has 154 valence electrons. The first-order valence-electron chi connectivity index (χ1n) is 10.3. The van der Waals surface area contributed by atoms with Crippen LogP contribution in [0.5, 0.6) is 0 Å². The van der Waals surface area contributed by atoms with E-state index < -0.39 is 6.10 Å². The van der Waals surface area contributed by atoms with Crippen molar-refractivity contribution in [3.05, 3.63) is 47.4 Å². The molecule has 1 atom stereocenters. The average molecular weight is 396 g/mol. The van der Waals surface area contributed by atoms with Crippen molar-refractivity contribution in [3.8, 4) is 0 Å². The van der Waals surface area contributed by atoms with Gasteiger partial charge in [-0.15, -0.1) is 0 Å². The summed E-state index contributed by atoms with van der Waals surface area (Å²) in [7, 11) is 0. The van der Waals surface area contributed by atoms with Crippen molar-refractivity contribution < 1.29 is 10.2 Å². The topological polar surface area (TPSA) is 87.3 Å². The lowest BCUT2D eigenvalue weighted by molar-refractivity contribution is 0.0792. The Morgan fingerprint density at radius 1 is 1.21 bits per heavy atom. The second-order valence-electron chi connectivity index (χ2n) is 8.09. The van der Waals surface area contributed by atoms with E-state index >= 15 is 0 Å². The highest BCUT2D eigenvalue weighted by molar-refractivity contribution is 5.86. The van der Waals surface area contributed by atoms with E-state index in [1.54, 1.807) is 17.2 Å². The van der Waals surface area contributed by atoms with E-state index in [0.29, 0.717) is 11.7 Å². The summed E-state index contributed by atoms with van der Waals surface area (Å²) < 4.78 is 1.64. The molecule has 0 aliphatic heterocycles. The largest absolute Gasteiger partial charge is 0.394 e. The molecule has 1 saturated carbocycles. The molecule has 1 aromatic carbocycles. The van der Waals surface area contributed by atoms with Gasteiger partial charge < -0.3 is 15.1 Å². The van der Waals surface area contributed by atoms with Gasteiger partial charge in [-0.2, -0.15) is 5.10 Å². The average Bonchev–Trinajstić information content (AvgIpc) is 3.39. The van der Waals surface area contributed by atoms with Gasteiger partial charge in [-0.3, -0.25) is 0 Å². The normalized spacial score (nSPS) is 15.9. The van der Waals surface area contributed by atoms with Crippen molar-refractivity contribution in [1.82, 2.24) is 19.7 Å². The van der Waals surface area contributed by atoms with E-state index in [9.17, 15) is 10.2 Å². The van der Waals surface area contributed by atoms with Crippen molar-refractivity contribution >= 4 is 16.9 Å². The molecule has 7 nitrogen and oxygen atoms in total. The maximum Gasteiger partial charge on any atom is 0.163 e. The third-order valence-corrected chi connectivity index (χ3v) is 5.89. The molecular weight excluding hydrogens is 366 g/mol. The van der Waals surface area contributed by atoms with Gasteiger partial charge in [-0.1, -0.05) is 36.6 Å². The van der Waals surface area contributed by atoms with Crippen LogP contribution in [0.25, 0.3) is 11.0 Å². The Bertz CT molecular complexity index is 980. The third-order valence-electron chi connectivity index (χ3n) is 5.89. The summed E-state index contributed by atoms with van der Waals surface area (Å²) >= 11 is 0. The van der Waals surface area contributed by atoms with E-state index in [0.717, 1.165) is 30.6 Å². The van der Waals surface area contributed by atoms with E-state index in [1.165, 1.54) is 29.5 Å². The number of aliphatic hydroxyl groups excluding tert-OH is 2. The number of benzene rings is 1. The quantitative estimate of drug-likeness (QED) is 0.640. The van der Waals surface area contributed by atoms with E-state index in [4.69, 9.17) is 0 Å².